The van der Waals surface area contributed by atoms with Crippen LogP contribution in [0, 0.1) is 0 Å². The van der Waals surface area contributed by atoms with Gasteiger partial charge < -0.3 is 19.1 Å². The van der Waals surface area contributed by atoms with Gasteiger partial charge in [-0.1, -0.05) is 12.1 Å². The van der Waals surface area contributed by atoms with Gasteiger partial charge in [0.05, 0.1) is 25.7 Å². The second-order valence-electron chi connectivity index (χ2n) is 6.09. The first-order chi connectivity index (χ1) is 12.8. The summed E-state index contributed by atoms with van der Waals surface area (Å²) in [5, 5.41) is 0. The zero-order valence-corrected chi connectivity index (χ0v) is 16.3. The quantitative estimate of drug-likeness (QED) is 0.498. The first-order valence-corrected chi connectivity index (χ1v) is 10.1. The summed E-state index contributed by atoms with van der Waals surface area (Å²) >= 11 is 0. The van der Waals surface area contributed by atoms with Crippen molar-refractivity contribution in [2.24, 2.45) is 0 Å². The van der Waals surface area contributed by atoms with Crippen LogP contribution in [0.25, 0.3) is 6.08 Å². The smallest absolute Gasteiger partial charge is 0.331 e. The summed E-state index contributed by atoms with van der Waals surface area (Å²) in [6, 6.07) is 4.84. The Morgan fingerprint density at radius 3 is 2.59 bits per heavy atom. The Kier molecular flexibility index (Phi) is 6.84. The zero-order valence-electron chi connectivity index (χ0n) is 15.5. The van der Waals surface area contributed by atoms with Crippen LogP contribution in [0.15, 0.2) is 24.3 Å². The number of para-hydroxylation sites is 1. The number of likely N-dealkylation sites (N-methyl/N-ethyl adjacent to an activating group) is 1. The molecule has 0 radical (unpaired) electrons. The minimum atomic E-state index is -3.09. The maximum Gasteiger partial charge on any atom is 0.331 e. The average Bonchev–Trinajstić information content (AvgIpc) is 3.02. The highest BCUT2D eigenvalue weighted by Gasteiger charge is 2.32. The van der Waals surface area contributed by atoms with E-state index in [0.717, 1.165) is 0 Å². The lowest BCUT2D eigenvalue weighted by molar-refractivity contribution is -0.148. The minimum Gasteiger partial charge on any atom is -0.493 e. The molecule has 0 aliphatic carbocycles. The predicted molar refractivity (Wildman–Crippen MR) is 99.4 cm³/mol. The summed E-state index contributed by atoms with van der Waals surface area (Å²) < 4.78 is 38.4. The van der Waals surface area contributed by atoms with Crippen molar-refractivity contribution in [3.8, 4) is 11.5 Å². The second kappa shape index (κ2) is 8.90. The molecule has 27 heavy (non-hydrogen) atoms. The Morgan fingerprint density at radius 2 is 2.00 bits per heavy atom. The van der Waals surface area contributed by atoms with Crippen LogP contribution in [0.5, 0.6) is 11.5 Å². The Morgan fingerprint density at radius 1 is 1.26 bits per heavy atom. The number of nitrogens with zero attached hydrogens (tertiary/aromatic N) is 1. The largest absolute Gasteiger partial charge is 0.493 e. The number of hydrogen-bond acceptors (Lipinski definition) is 7. The van der Waals surface area contributed by atoms with Gasteiger partial charge in [0.2, 0.25) is 0 Å². The fourth-order valence-electron chi connectivity index (χ4n) is 2.77. The number of amides is 1. The first kappa shape index (κ1) is 20.8. The number of carbonyl (C=O) groups excluding carboxylic acids is 2. The molecule has 1 aliphatic rings. The number of hydrogen-bond donors (Lipinski definition) is 0. The molecule has 8 nitrogen and oxygen atoms in total. The SMILES string of the molecule is COc1cccc(C=CC(=O)OCC(=O)N(C)C2CCS(=O)(=O)C2)c1OC. The summed E-state index contributed by atoms with van der Waals surface area (Å²) in [7, 11) is 1.42. The fourth-order valence-corrected chi connectivity index (χ4v) is 4.54. The molecule has 1 aromatic carbocycles. The topological polar surface area (TPSA) is 99.2 Å². The van der Waals surface area contributed by atoms with E-state index in [9.17, 15) is 18.0 Å². The van der Waals surface area contributed by atoms with Gasteiger partial charge in [-0.2, -0.15) is 0 Å². The summed E-state index contributed by atoms with van der Waals surface area (Å²) in [5.74, 6) is -0.129. The van der Waals surface area contributed by atoms with E-state index < -0.39 is 28.3 Å². The predicted octanol–water partition coefficient (Wildman–Crippen LogP) is 0.906. The van der Waals surface area contributed by atoms with Gasteiger partial charge in [-0.15, -0.1) is 0 Å². The molecule has 1 saturated heterocycles. The van der Waals surface area contributed by atoms with E-state index in [1.807, 2.05) is 0 Å². The Bertz CT molecular complexity index is 832. The molecule has 148 valence electrons. The molecule has 0 spiro atoms. The lowest BCUT2D eigenvalue weighted by Crippen LogP contribution is -2.40. The normalized spacial score (nSPS) is 18.3. The maximum absolute atomic E-state index is 12.1. The fraction of sp³-hybridized carbons (Fsp3) is 0.444. The molecule has 1 atom stereocenters. The van der Waals surface area contributed by atoms with Crippen LogP contribution < -0.4 is 9.47 Å². The van der Waals surface area contributed by atoms with Gasteiger partial charge in [0.25, 0.3) is 5.91 Å². The van der Waals surface area contributed by atoms with Crippen LogP contribution in [0.2, 0.25) is 0 Å². The molecule has 2 rings (SSSR count). The molecular formula is C18H23NO7S. The number of esters is 1. The number of sulfone groups is 1. The lowest BCUT2D eigenvalue weighted by atomic mass is 10.1. The van der Waals surface area contributed by atoms with Gasteiger partial charge in [0.15, 0.2) is 27.9 Å². The molecule has 0 saturated carbocycles. The zero-order chi connectivity index (χ0) is 20.0. The van der Waals surface area contributed by atoms with E-state index in [1.54, 1.807) is 18.2 Å². The Labute approximate surface area is 158 Å². The first-order valence-electron chi connectivity index (χ1n) is 8.29. The molecule has 1 aromatic rings. The minimum absolute atomic E-state index is 0.0568. The monoisotopic (exact) mass is 397 g/mol. The van der Waals surface area contributed by atoms with Crippen molar-refractivity contribution in [1.82, 2.24) is 4.90 Å². The lowest BCUT2D eigenvalue weighted by Gasteiger charge is -2.22. The van der Waals surface area contributed by atoms with Crippen molar-refractivity contribution in [2.45, 2.75) is 12.5 Å². The molecule has 9 heteroatoms. The highest BCUT2D eigenvalue weighted by atomic mass is 32.2. The van der Waals surface area contributed by atoms with Crippen molar-refractivity contribution in [1.29, 1.82) is 0 Å². The van der Waals surface area contributed by atoms with Crippen LogP contribution in [0.4, 0.5) is 0 Å². The summed E-state index contributed by atoms with van der Waals surface area (Å²) in [6.45, 7) is -0.453. The molecule has 1 aliphatic heterocycles. The highest BCUT2D eigenvalue weighted by molar-refractivity contribution is 7.91. The summed E-state index contributed by atoms with van der Waals surface area (Å²) in [6.07, 6.45) is 3.08. The van der Waals surface area contributed by atoms with Crippen LogP contribution in [0.3, 0.4) is 0 Å². The molecule has 1 amide bonds. The molecule has 0 bridgehead atoms. The third kappa shape index (κ3) is 5.46. The van der Waals surface area contributed by atoms with Gasteiger partial charge >= 0.3 is 5.97 Å². The van der Waals surface area contributed by atoms with Crippen molar-refractivity contribution >= 4 is 27.8 Å². The van der Waals surface area contributed by atoms with Crippen LogP contribution in [-0.4, -0.2) is 70.6 Å². The van der Waals surface area contributed by atoms with Crippen LogP contribution in [0.1, 0.15) is 12.0 Å². The van der Waals surface area contributed by atoms with Gasteiger partial charge in [-0.3, -0.25) is 4.79 Å². The van der Waals surface area contributed by atoms with Gasteiger partial charge in [-0.25, -0.2) is 13.2 Å². The summed E-state index contributed by atoms with van der Waals surface area (Å²) in [5.41, 5.74) is 0.619. The van der Waals surface area contributed by atoms with E-state index in [2.05, 4.69) is 0 Å². The molecular weight excluding hydrogens is 374 g/mol. The summed E-state index contributed by atoms with van der Waals surface area (Å²) in [4.78, 5) is 25.3. The molecule has 0 aromatic heterocycles. The van der Waals surface area contributed by atoms with Crippen molar-refractivity contribution in [3.63, 3.8) is 0 Å². The van der Waals surface area contributed by atoms with E-state index in [1.165, 1.54) is 38.3 Å². The average molecular weight is 397 g/mol. The number of ether oxygens (including phenoxy) is 3. The number of benzene rings is 1. The van der Waals surface area contributed by atoms with Crippen molar-refractivity contribution in [3.05, 3.63) is 29.8 Å². The van der Waals surface area contributed by atoms with E-state index in [-0.39, 0.29) is 17.5 Å². The van der Waals surface area contributed by atoms with Gasteiger partial charge in [0.1, 0.15) is 0 Å². The van der Waals surface area contributed by atoms with Crippen molar-refractivity contribution < 1.29 is 32.2 Å². The highest BCUT2D eigenvalue weighted by Crippen LogP contribution is 2.31. The molecule has 1 unspecified atom stereocenters. The van der Waals surface area contributed by atoms with Gasteiger partial charge in [-0.05, 0) is 18.6 Å². The number of rotatable bonds is 7. The Balaban J connectivity index is 1.91. The third-order valence-corrected chi connectivity index (χ3v) is 6.07. The van der Waals surface area contributed by atoms with E-state index in [4.69, 9.17) is 14.2 Å². The van der Waals surface area contributed by atoms with Crippen LogP contribution in [-0.2, 0) is 24.2 Å². The van der Waals surface area contributed by atoms with E-state index in [0.29, 0.717) is 23.5 Å². The van der Waals surface area contributed by atoms with E-state index >= 15 is 0 Å². The van der Waals surface area contributed by atoms with Gasteiger partial charge in [0, 0.05) is 24.7 Å². The van der Waals surface area contributed by atoms with Crippen molar-refractivity contribution in [2.75, 3.05) is 39.4 Å². The standard InChI is InChI=1S/C18H23NO7S/c1-19(14-9-10-27(22,23)12-14)16(20)11-26-17(21)8-7-13-5-4-6-15(24-2)18(13)25-3/h4-8,14H,9-12H2,1-3H3. The third-order valence-electron chi connectivity index (χ3n) is 4.32. The number of methoxy groups -OCH3 is 2. The maximum atomic E-state index is 12.1. The molecule has 1 fully saturated rings. The number of carbonyl (C=O) groups is 2. The van der Waals surface area contributed by atoms with Crippen LogP contribution >= 0.6 is 0 Å². The molecule has 0 N–H and O–H groups in total. The second-order valence-corrected chi connectivity index (χ2v) is 8.31. The molecule has 1 heterocycles. The Hall–Kier alpha value is -2.55.